The molecule has 0 aliphatic rings. The molecular formula is C77H136O6. The van der Waals surface area contributed by atoms with Crippen LogP contribution in [0.5, 0.6) is 0 Å². The van der Waals surface area contributed by atoms with E-state index in [1.54, 1.807) is 0 Å². The average molecular weight is 1160 g/mol. The Kier molecular flexibility index (Phi) is 68.2. The predicted molar refractivity (Wildman–Crippen MR) is 362 cm³/mol. The Morgan fingerprint density at radius 3 is 0.747 bits per heavy atom. The number of rotatable bonds is 66. The number of allylic oxidation sites excluding steroid dienone is 14. The Balaban J connectivity index is 4.25. The summed E-state index contributed by atoms with van der Waals surface area (Å²) < 4.78 is 17.0. The van der Waals surface area contributed by atoms with E-state index < -0.39 is 6.10 Å². The topological polar surface area (TPSA) is 78.9 Å². The van der Waals surface area contributed by atoms with Crippen molar-refractivity contribution in [3.05, 3.63) is 85.1 Å². The molecule has 0 aromatic rings. The van der Waals surface area contributed by atoms with Crippen molar-refractivity contribution in [3.8, 4) is 0 Å². The average Bonchev–Trinajstić information content (AvgIpc) is 3.49. The van der Waals surface area contributed by atoms with Gasteiger partial charge in [-0.3, -0.25) is 14.4 Å². The number of hydrogen-bond donors (Lipinski definition) is 0. The van der Waals surface area contributed by atoms with E-state index in [2.05, 4.69) is 106 Å². The maximum absolute atomic E-state index is 13.0. The van der Waals surface area contributed by atoms with Gasteiger partial charge in [-0.1, -0.05) is 318 Å². The molecule has 480 valence electrons. The van der Waals surface area contributed by atoms with Gasteiger partial charge in [-0.25, -0.2) is 0 Å². The zero-order valence-electron chi connectivity index (χ0n) is 55.2. The summed E-state index contributed by atoms with van der Waals surface area (Å²) in [6.45, 7) is 6.53. The lowest BCUT2D eigenvalue weighted by atomic mass is 10.0. The molecule has 0 bridgehead atoms. The Hall–Kier alpha value is -3.41. The normalized spacial score (nSPS) is 12.6. The predicted octanol–water partition coefficient (Wildman–Crippen LogP) is 25.0. The van der Waals surface area contributed by atoms with Crippen molar-refractivity contribution in [1.82, 2.24) is 0 Å². The number of ether oxygens (including phenoxy) is 3. The molecule has 0 aliphatic heterocycles. The minimum atomic E-state index is -0.790. The minimum Gasteiger partial charge on any atom is -0.462 e. The highest BCUT2D eigenvalue weighted by atomic mass is 16.6. The van der Waals surface area contributed by atoms with Gasteiger partial charge in [-0.15, -0.1) is 0 Å². The van der Waals surface area contributed by atoms with Crippen LogP contribution < -0.4 is 0 Å². The highest BCUT2D eigenvalue weighted by Gasteiger charge is 2.19. The summed E-state index contributed by atoms with van der Waals surface area (Å²) in [7, 11) is 0. The highest BCUT2D eigenvalue weighted by molar-refractivity contribution is 5.71. The number of hydrogen-bond acceptors (Lipinski definition) is 6. The molecule has 0 aromatic heterocycles. The van der Waals surface area contributed by atoms with E-state index in [-0.39, 0.29) is 31.1 Å². The lowest BCUT2D eigenvalue weighted by Gasteiger charge is -2.18. The summed E-state index contributed by atoms with van der Waals surface area (Å²) in [4.78, 5) is 38.4. The van der Waals surface area contributed by atoms with Gasteiger partial charge in [0.2, 0.25) is 0 Å². The van der Waals surface area contributed by atoms with Crippen LogP contribution in [0.3, 0.4) is 0 Å². The molecule has 1 unspecified atom stereocenters. The first-order chi connectivity index (χ1) is 41.0. The summed E-state index contributed by atoms with van der Waals surface area (Å²) in [5.74, 6) is -0.897. The van der Waals surface area contributed by atoms with Gasteiger partial charge in [-0.2, -0.15) is 0 Å². The van der Waals surface area contributed by atoms with Crippen molar-refractivity contribution in [1.29, 1.82) is 0 Å². The molecule has 6 heteroatoms. The van der Waals surface area contributed by atoms with E-state index in [0.29, 0.717) is 19.3 Å². The number of carbonyl (C=O) groups excluding carboxylic acids is 3. The fraction of sp³-hybridized carbons (Fsp3) is 0.779. The SMILES string of the molecule is CC/C=C\C/C=C\C/C=C\CCCCCC(=O)OCC(COC(=O)CCCCCCCCCCCCCCCCC/C=C\C/C=C\CCCCCCC)OC(=O)CCCCCCCCCCCCCCC/C=C\C/C=C\CCCCCCC. The van der Waals surface area contributed by atoms with E-state index in [4.69, 9.17) is 14.2 Å². The third-order valence-corrected chi connectivity index (χ3v) is 15.9. The van der Waals surface area contributed by atoms with Crippen LogP contribution in [0.15, 0.2) is 85.1 Å². The first-order valence-corrected chi connectivity index (χ1v) is 36.1. The second-order valence-electron chi connectivity index (χ2n) is 24.1. The number of carbonyl (C=O) groups is 3. The van der Waals surface area contributed by atoms with Gasteiger partial charge in [0, 0.05) is 19.3 Å². The Labute approximate surface area is 515 Å². The molecule has 0 fully saturated rings. The third-order valence-electron chi connectivity index (χ3n) is 15.9. The fourth-order valence-corrected chi connectivity index (χ4v) is 10.5. The quantitative estimate of drug-likeness (QED) is 0.0261. The van der Waals surface area contributed by atoms with E-state index in [0.717, 1.165) is 96.3 Å². The molecular weight excluding hydrogens is 1020 g/mol. The van der Waals surface area contributed by atoms with Gasteiger partial charge < -0.3 is 14.2 Å². The van der Waals surface area contributed by atoms with Crippen LogP contribution in [0.25, 0.3) is 0 Å². The van der Waals surface area contributed by atoms with Crippen molar-refractivity contribution in [2.24, 2.45) is 0 Å². The summed E-state index contributed by atoms with van der Waals surface area (Å²) in [5, 5.41) is 0. The van der Waals surface area contributed by atoms with Crippen molar-refractivity contribution in [2.75, 3.05) is 13.2 Å². The summed E-state index contributed by atoms with van der Waals surface area (Å²) in [6.07, 6.45) is 94.8. The molecule has 0 saturated carbocycles. The van der Waals surface area contributed by atoms with Gasteiger partial charge in [0.1, 0.15) is 13.2 Å². The van der Waals surface area contributed by atoms with E-state index in [1.807, 2.05) is 0 Å². The molecule has 0 N–H and O–H groups in total. The fourth-order valence-electron chi connectivity index (χ4n) is 10.5. The zero-order valence-corrected chi connectivity index (χ0v) is 55.2. The molecule has 0 spiro atoms. The molecule has 0 aliphatic carbocycles. The first-order valence-electron chi connectivity index (χ1n) is 36.1. The van der Waals surface area contributed by atoms with Crippen LogP contribution in [0.1, 0.15) is 367 Å². The Morgan fingerprint density at radius 1 is 0.253 bits per heavy atom. The third kappa shape index (κ3) is 69.3. The molecule has 6 nitrogen and oxygen atoms in total. The lowest BCUT2D eigenvalue weighted by molar-refractivity contribution is -0.167. The molecule has 0 aromatic carbocycles. The van der Waals surface area contributed by atoms with E-state index in [1.165, 1.54) is 231 Å². The van der Waals surface area contributed by atoms with E-state index >= 15 is 0 Å². The van der Waals surface area contributed by atoms with Crippen molar-refractivity contribution in [3.63, 3.8) is 0 Å². The van der Waals surface area contributed by atoms with Crippen LogP contribution >= 0.6 is 0 Å². The molecule has 0 radical (unpaired) electrons. The zero-order chi connectivity index (χ0) is 59.9. The van der Waals surface area contributed by atoms with Crippen LogP contribution in [0.2, 0.25) is 0 Å². The molecule has 0 amide bonds. The van der Waals surface area contributed by atoms with Crippen molar-refractivity contribution in [2.45, 2.75) is 374 Å². The van der Waals surface area contributed by atoms with E-state index in [9.17, 15) is 14.4 Å². The summed E-state index contributed by atoms with van der Waals surface area (Å²) in [5.41, 5.74) is 0. The monoisotopic (exact) mass is 1160 g/mol. The van der Waals surface area contributed by atoms with Gasteiger partial charge in [-0.05, 0) is 116 Å². The molecule has 0 heterocycles. The van der Waals surface area contributed by atoms with Gasteiger partial charge in [0.25, 0.3) is 0 Å². The van der Waals surface area contributed by atoms with Crippen LogP contribution in [0.4, 0.5) is 0 Å². The number of esters is 3. The molecule has 83 heavy (non-hydrogen) atoms. The summed E-state index contributed by atoms with van der Waals surface area (Å²) in [6, 6.07) is 0. The smallest absolute Gasteiger partial charge is 0.306 e. The van der Waals surface area contributed by atoms with Crippen LogP contribution in [0, 0.1) is 0 Å². The lowest BCUT2D eigenvalue weighted by Crippen LogP contribution is -2.30. The number of unbranched alkanes of at least 4 members (excludes halogenated alkanes) is 41. The Bertz CT molecular complexity index is 1570. The maximum Gasteiger partial charge on any atom is 0.306 e. The standard InChI is InChI=1S/C77H136O6/c1-4-7-10-13-16-19-22-25-27-29-31-33-35-37-38-40-41-43-45-47-49-52-55-58-61-64-67-70-76(79)82-73-74(72-81-75(78)69-66-63-60-57-54-51-24-21-18-15-12-9-6-3)83-77(80)71-68-65-62-59-56-53-50-48-46-44-42-39-36-34-32-30-28-26-23-20-17-14-11-8-5-2/h9,12,18,21-23,25-26,29-32,51,54,74H,4-8,10-11,13-17,19-20,24,27-28,33-50,52-53,55-73H2,1-3H3/b12-9-,21-18-,25-22-,26-23-,31-29-,32-30-,54-51-. The van der Waals surface area contributed by atoms with Crippen LogP contribution in [-0.4, -0.2) is 37.2 Å². The second-order valence-corrected chi connectivity index (χ2v) is 24.1. The van der Waals surface area contributed by atoms with Crippen molar-refractivity contribution >= 4 is 17.9 Å². The Morgan fingerprint density at radius 2 is 0.470 bits per heavy atom. The first kappa shape index (κ1) is 79.6. The highest BCUT2D eigenvalue weighted by Crippen LogP contribution is 2.18. The second kappa shape index (κ2) is 71.1. The molecule has 0 rings (SSSR count). The van der Waals surface area contributed by atoms with Gasteiger partial charge in [0.05, 0.1) is 0 Å². The largest absolute Gasteiger partial charge is 0.462 e. The van der Waals surface area contributed by atoms with Gasteiger partial charge >= 0.3 is 17.9 Å². The maximum atomic E-state index is 13.0. The summed E-state index contributed by atoms with van der Waals surface area (Å²) >= 11 is 0. The molecule has 1 atom stereocenters. The van der Waals surface area contributed by atoms with Crippen LogP contribution in [-0.2, 0) is 28.6 Å². The minimum absolute atomic E-state index is 0.0836. The van der Waals surface area contributed by atoms with Gasteiger partial charge in [0.15, 0.2) is 6.10 Å². The molecule has 0 saturated heterocycles. The van der Waals surface area contributed by atoms with Crippen molar-refractivity contribution < 1.29 is 28.6 Å².